The molecule has 3 N–H and O–H groups in total. The molecular formula is C22H20ClF2N5O5. The van der Waals surface area contributed by atoms with E-state index in [4.69, 9.17) is 21.4 Å². The maximum atomic E-state index is 12.7. The molecule has 0 aliphatic heterocycles. The third kappa shape index (κ3) is 4.94. The van der Waals surface area contributed by atoms with Crippen LogP contribution in [0.3, 0.4) is 0 Å². The van der Waals surface area contributed by atoms with Crippen molar-refractivity contribution in [1.82, 2.24) is 24.1 Å². The number of ether oxygens (including phenoxy) is 1. The highest BCUT2D eigenvalue weighted by molar-refractivity contribution is 6.32. The summed E-state index contributed by atoms with van der Waals surface area (Å²) in [4.78, 5) is 35.5. The molecule has 10 nitrogen and oxygen atoms in total. The molecule has 0 spiro atoms. The van der Waals surface area contributed by atoms with Crippen LogP contribution in [0.4, 0.5) is 8.78 Å². The average Bonchev–Trinajstić information content (AvgIpc) is 3.18. The van der Waals surface area contributed by atoms with Gasteiger partial charge in [-0.15, -0.1) is 0 Å². The fourth-order valence-electron chi connectivity index (χ4n) is 3.51. The number of rotatable bonds is 8. The van der Waals surface area contributed by atoms with Gasteiger partial charge in [0.2, 0.25) is 5.88 Å². The third-order valence-corrected chi connectivity index (χ3v) is 5.56. The van der Waals surface area contributed by atoms with Crippen molar-refractivity contribution in [1.29, 1.82) is 0 Å². The second kappa shape index (κ2) is 9.94. The monoisotopic (exact) mass is 507 g/mol. The highest BCUT2D eigenvalue weighted by Crippen LogP contribution is 2.29. The van der Waals surface area contributed by atoms with E-state index in [0.717, 1.165) is 4.57 Å². The molecule has 0 saturated heterocycles. The number of hydrogen-bond donors (Lipinski definition) is 3. The summed E-state index contributed by atoms with van der Waals surface area (Å²) in [5.41, 5.74) is -0.371. The zero-order valence-corrected chi connectivity index (χ0v) is 19.0. The summed E-state index contributed by atoms with van der Waals surface area (Å²) >= 11 is 6.33. The van der Waals surface area contributed by atoms with Crippen LogP contribution in [0, 0.1) is 0 Å². The van der Waals surface area contributed by atoms with Gasteiger partial charge < -0.3 is 19.5 Å². The molecule has 4 rings (SSSR count). The lowest BCUT2D eigenvalue weighted by molar-refractivity contribution is 0.0810. The van der Waals surface area contributed by atoms with E-state index in [1.807, 2.05) is 0 Å². The van der Waals surface area contributed by atoms with Crippen molar-refractivity contribution in [3.8, 4) is 17.3 Å². The summed E-state index contributed by atoms with van der Waals surface area (Å²) in [5.74, 6) is 0.375. The number of halogens is 3. The normalized spacial score (nSPS) is 12.4. The van der Waals surface area contributed by atoms with Crippen LogP contribution >= 0.6 is 11.6 Å². The standard InChI is InChI=1S/C22H20ClF2N5O5/c1-29-16-19(30(8-14(32)9-31)22(34)28-20(16)33)27-18(29)13-6-15(23)21(26-7-13)35-10-11-2-4-12(5-3-11)17(24)25/h2-7,14,17,31-32H,8-10H2,1H3,(H,28,33,34). The zero-order chi connectivity index (χ0) is 25.3. The van der Waals surface area contributed by atoms with E-state index in [1.54, 1.807) is 7.05 Å². The largest absolute Gasteiger partial charge is 0.472 e. The number of aromatic amines is 1. The quantitative estimate of drug-likeness (QED) is 0.332. The fourth-order valence-corrected chi connectivity index (χ4v) is 3.73. The number of hydrogen-bond acceptors (Lipinski definition) is 7. The number of aliphatic hydroxyl groups is 2. The molecule has 0 aliphatic rings. The molecule has 35 heavy (non-hydrogen) atoms. The number of nitrogens with zero attached hydrogens (tertiary/aromatic N) is 4. The van der Waals surface area contributed by atoms with Crippen LogP contribution in [0.2, 0.25) is 5.02 Å². The number of H-pyrrole nitrogens is 1. The number of aryl methyl sites for hydroxylation is 1. The summed E-state index contributed by atoms with van der Waals surface area (Å²) in [6.07, 6.45) is -2.37. The van der Waals surface area contributed by atoms with Gasteiger partial charge in [-0.3, -0.25) is 14.3 Å². The van der Waals surface area contributed by atoms with E-state index < -0.39 is 30.4 Å². The van der Waals surface area contributed by atoms with E-state index >= 15 is 0 Å². The second-order valence-corrected chi connectivity index (χ2v) is 8.12. The van der Waals surface area contributed by atoms with Gasteiger partial charge in [0, 0.05) is 24.4 Å². The Bertz CT molecular complexity index is 1480. The molecule has 1 unspecified atom stereocenters. The van der Waals surface area contributed by atoms with E-state index in [0.29, 0.717) is 11.1 Å². The highest BCUT2D eigenvalue weighted by Gasteiger charge is 2.20. The Labute approximate surface area is 201 Å². The van der Waals surface area contributed by atoms with E-state index in [9.17, 15) is 23.5 Å². The Morgan fingerprint density at radius 3 is 2.57 bits per heavy atom. The number of imidazole rings is 1. The molecule has 0 fully saturated rings. The van der Waals surface area contributed by atoms with Crippen LogP contribution in [-0.4, -0.2) is 47.0 Å². The van der Waals surface area contributed by atoms with E-state index in [2.05, 4.69) is 15.0 Å². The number of aromatic nitrogens is 5. The number of alkyl halides is 2. The van der Waals surface area contributed by atoms with Crippen LogP contribution in [-0.2, 0) is 20.2 Å². The molecule has 0 amide bonds. The van der Waals surface area contributed by atoms with Crippen LogP contribution in [0.1, 0.15) is 17.6 Å². The molecule has 13 heteroatoms. The van der Waals surface area contributed by atoms with Crippen molar-refractivity contribution in [2.45, 2.75) is 25.7 Å². The van der Waals surface area contributed by atoms with Gasteiger partial charge in [-0.2, -0.15) is 0 Å². The minimum absolute atomic E-state index is 0.0208. The van der Waals surface area contributed by atoms with Crippen LogP contribution in [0.25, 0.3) is 22.6 Å². The fraction of sp³-hybridized carbons (Fsp3) is 0.273. The molecule has 0 radical (unpaired) electrons. The Morgan fingerprint density at radius 1 is 1.23 bits per heavy atom. The lowest BCUT2D eigenvalue weighted by atomic mass is 10.1. The topological polar surface area (TPSA) is 135 Å². The van der Waals surface area contributed by atoms with E-state index in [-0.39, 0.29) is 46.6 Å². The molecule has 3 aromatic heterocycles. The minimum Gasteiger partial charge on any atom is -0.472 e. The van der Waals surface area contributed by atoms with Crippen LogP contribution in [0.5, 0.6) is 5.88 Å². The molecule has 0 saturated carbocycles. The summed E-state index contributed by atoms with van der Waals surface area (Å²) in [6.45, 7) is -0.802. The van der Waals surface area contributed by atoms with Gasteiger partial charge >= 0.3 is 5.69 Å². The van der Waals surface area contributed by atoms with Crippen molar-refractivity contribution >= 4 is 22.8 Å². The summed E-state index contributed by atoms with van der Waals surface area (Å²) in [6, 6.07) is 7.19. The molecule has 1 aromatic carbocycles. The number of pyridine rings is 1. The molecule has 0 aliphatic carbocycles. The molecule has 4 aromatic rings. The van der Waals surface area contributed by atoms with Crippen molar-refractivity contribution in [3.63, 3.8) is 0 Å². The molecular weight excluding hydrogens is 488 g/mol. The highest BCUT2D eigenvalue weighted by atomic mass is 35.5. The Balaban J connectivity index is 1.64. The van der Waals surface area contributed by atoms with Gasteiger partial charge in [-0.25, -0.2) is 23.5 Å². The number of benzene rings is 1. The summed E-state index contributed by atoms with van der Waals surface area (Å²) in [5, 5.41) is 19.1. The summed E-state index contributed by atoms with van der Waals surface area (Å²) in [7, 11) is 1.57. The maximum Gasteiger partial charge on any atom is 0.330 e. The van der Waals surface area contributed by atoms with Crippen LogP contribution < -0.4 is 16.0 Å². The van der Waals surface area contributed by atoms with Gasteiger partial charge in [-0.1, -0.05) is 35.9 Å². The summed E-state index contributed by atoms with van der Waals surface area (Å²) < 4.78 is 33.5. The van der Waals surface area contributed by atoms with Crippen molar-refractivity contribution in [3.05, 3.63) is 73.5 Å². The smallest absolute Gasteiger partial charge is 0.330 e. The lowest BCUT2D eigenvalue weighted by Gasteiger charge is -2.09. The SMILES string of the molecule is Cn1c(-c2cnc(OCc3ccc(C(F)F)cc3)c(Cl)c2)nc2c1c(=O)[nH]c(=O)n2CC(O)CO. The number of fused-ring (bicyclic) bond motifs is 1. The zero-order valence-electron chi connectivity index (χ0n) is 18.3. The molecule has 1 atom stereocenters. The Morgan fingerprint density at radius 2 is 1.94 bits per heavy atom. The van der Waals surface area contributed by atoms with Crippen molar-refractivity contribution in [2.24, 2.45) is 7.05 Å². The van der Waals surface area contributed by atoms with Gasteiger partial charge in [0.1, 0.15) is 17.5 Å². The second-order valence-electron chi connectivity index (χ2n) is 7.71. The average molecular weight is 508 g/mol. The number of aliphatic hydroxyl groups excluding tert-OH is 2. The van der Waals surface area contributed by atoms with Gasteiger partial charge in [0.25, 0.3) is 12.0 Å². The van der Waals surface area contributed by atoms with Crippen LogP contribution in [0.15, 0.2) is 46.1 Å². The first-order valence-electron chi connectivity index (χ1n) is 10.3. The van der Waals surface area contributed by atoms with Gasteiger partial charge in [0.15, 0.2) is 11.2 Å². The third-order valence-electron chi connectivity index (χ3n) is 5.29. The molecule has 184 valence electrons. The minimum atomic E-state index is -2.55. The first-order valence-corrected chi connectivity index (χ1v) is 10.7. The van der Waals surface area contributed by atoms with Gasteiger partial charge in [-0.05, 0) is 11.6 Å². The Hall–Kier alpha value is -3.61. The maximum absolute atomic E-state index is 12.7. The van der Waals surface area contributed by atoms with Crippen molar-refractivity contribution in [2.75, 3.05) is 6.61 Å². The molecule has 3 heterocycles. The molecule has 0 bridgehead atoms. The predicted molar refractivity (Wildman–Crippen MR) is 123 cm³/mol. The van der Waals surface area contributed by atoms with Gasteiger partial charge in [0.05, 0.1) is 19.3 Å². The number of nitrogens with one attached hydrogen (secondary N) is 1. The van der Waals surface area contributed by atoms with E-state index in [1.165, 1.54) is 41.1 Å². The Kier molecular flexibility index (Phi) is 6.96. The lowest BCUT2D eigenvalue weighted by Crippen LogP contribution is -2.35. The predicted octanol–water partition coefficient (Wildman–Crippen LogP) is 2.01. The first kappa shape index (κ1) is 24.5. The van der Waals surface area contributed by atoms with Crippen molar-refractivity contribution < 1.29 is 23.7 Å². The first-order chi connectivity index (χ1) is 16.7.